The smallest absolute Gasteiger partial charge is 0.255 e. The zero-order valence-corrected chi connectivity index (χ0v) is 21.3. The number of nitrogens with one attached hydrogen (secondary N) is 1. The third kappa shape index (κ3) is 10.3. The van der Waals surface area contributed by atoms with Crippen molar-refractivity contribution in [1.82, 2.24) is 5.32 Å². The van der Waals surface area contributed by atoms with Crippen LogP contribution in [0.15, 0.2) is 101 Å². The summed E-state index contributed by atoms with van der Waals surface area (Å²) in [6, 6.07) is 7.52. The highest BCUT2D eigenvalue weighted by Gasteiger charge is 2.12. The number of ether oxygens (including phenoxy) is 2. The van der Waals surface area contributed by atoms with E-state index >= 15 is 0 Å². The minimum Gasteiger partial charge on any atom is -0.493 e. The number of hydrogen-bond donors (Lipinski definition) is 3. The number of para-hydroxylation sites is 1. The number of rotatable bonds is 15. The monoisotopic (exact) mass is 491 g/mol. The van der Waals surface area contributed by atoms with Crippen LogP contribution in [0.25, 0.3) is 5.70 Å². The van der Waals surface area contributed by atoms with Crippen molar-refractivity contribution in [3.8, 4) is 5.75 Å². The number of nitrogens with zero attached hydrogens (tertiary/aromatic N) is 2. The Morgan fingerprint density at radius 2 is 1.92 bits per heavy atom. The van der Waals surface area contributed by atoms with Gasteiger partial charge in [-0.05, 0) is 68.5 Å². The first-order valence-electron chi connectivity index (χ1n) is 11.8. The summed E-state index contributed by atoms with van der Waals surface area (Å²) >= 11 is 0. The fourth-order valence-electron chi connectivity index (χ4n) is 3.06. The van der Waals surface area contributed by atoms with Gasteiger partial charge in [0.05, 0.1) is 30.8 Å². The highest BCUT2D eigenvalue weighted by molar-refractivity contribution is 5.97. The molecule has 0 bridgehead atoms. The van der Waals surface area contributed by atoms with Crippen LogP contribution >= 0.6 is 0 Å². The fourth-order valence-corrected chi connectivity index (χ4v) is 3.06. The molecule has 192 valence electrons. The van der Waals surface area contributed by atoms with Crippen molar-refractivity contribution in [2.75, 3.05) is 19.8 Å². The molecule has 0 heterocycles. The Morgan fingerprint density at radius 3 is 2.56 bits per heavy atom. The average molecular weight is 492 g/mol. The van der Waals surface area contributed by atoms with Gasteiger partial charge in [-0.15, -0.1) is 0 Å². The Balaban J connectivity index is 3.18. The summed E-state index contributed by atoms with van der Waals surface area (Å²) in [5, 5.41) is 2.88. The zero-order valence-electron chi connectivity index (χ0n) is 21.3. The molecule has 8 heteroatoms. The second kappa shape index (κ2) is 18.1. The van der Waals surface area contributed by atoms with Crippen LogP contribution in [0.2, 0.25) is 0 Å². The number of benzene rings is 1. The van der Waals surface area contributed by atoms with Crippen LogP contribution in [0.3, 0.4) is 0 Å². The van der Waals surface area contributed by atoms with E-state index < -0.39 is 0 Å². The molecule has 0 spiro atoms. The molecule has 1 aromatic rings. The van der Waals surface area contributed by atoms with Gasteiger partial charge in [0.25, 0.3) is 5.91 Å². The quantitative estimate of drug-likeness (QED) is 0.110. The minimum atomic E-state index is -0.327. The molecule has 1 amide bonds. The molecule has 8 nitrogen and oxygen atoms in total. The molecule has 1 aromatic carbocycles. The number of carbonyl (C=O) groups is 1. The molecule has 0 aliphatic carbocycles. The zero-order chi connectivity index (χ0) is 26.6. The highest BCUT2D eigenvalue weighted by Crippen LogP contribution is 2.26. The summed E-state index contributed by atoms with van der Waals surface area (Å²) in [5.41, 5.74) is 13.6. The number of nitrogens with two attached hydrogens (primary N) is 2. The molecule has 36 heavy (non-hydrogen) atoms. The molecule has 0 atom stereocenters. The molecule has 0 unspecified atom stereocenters. The average Bonchev–Trinajstić information content (AvgIpc) is 2.88. The van der Waals surface area contributed by atoms with E-state index in [9.17, 15) is 4.79 Å². The molecule has 0 saturated heterocycles. The van der Waals surface area contributed by atoms with Gasteiger partial charge < -0.3 is 26.3 Å². The van der Waals surface area contributed by atoms with E-state index in [1.807, 2.05) is 51.1 Å². The third-order valence-corrected chi connectivity index (χ3v) is 4.55. The van der Waals surface area contributed by atoms with Gasteiger partial charge in [-0.25, -0.2) is 4.99 Å². The van der Waals surface area contributed by atoms with Gasteiger partial charge in [-0.2, -0.15) is 0 Å². The van der Waals surface area contributed by atoms with Gasteiger partial charge in [0, 0.05) is 24.5 Å². The molecule has 5 N–H and O–H groups in total. The van der Waals surface area contributed by atoms with Crippen LogP contribution in [0, 0.1) is 0 Å². The van der Waals surface area contributed by atoms with Crippen LogP contribution in [-0.2, 0) is 9.53 Å². The van der Waals surface area contributed by atoms with Gasteiger partial charge in [-0.3, -0.25) is 9.79 Å². The van der Waals surface area contributed by atoms with Crippen LogP contribution in [0.5, 0.6) is 5.75 Å². The predicted molar refractivity (Wildman–Crippen MR) is 149 cm³/mol. The SMILES string of the molecule is C=C/C(OCC)=C(\C=C\N=CC=C(N=CN)c1ccccc1OCC)C(=O)NCC(/C=C\N)=C/CC. The molecular weight excluding hydrogens is 454 g/mol. The van der Waals surface area contributed by atoms with Crippen molar-refractivity contribution in [2.24, 2.45) is 21.5 Å². The molecule has 0 saturated carbocycles. The highest BCUT2D eigenvalue weighted by atomic mass is 16.5. The number of carbonyl (C=O) groups excluding carboxylic acids is 1. The molecule has 0 aliphatic rings. The number of amides is 1. The Bertz CT molecular complexity index is 1060. The van der Waals surface area contributed by atoms with Gasteiger partial charge in [-0.1, -0.05) is 31.7 Å². The third-order valence-electron chi connectivity index (χ3n) is 4.55. The van der Waals surface area contributed by atoms with Crippen LogP contribution < -0.4 is 21.5 Å². The first-order chi connectivity index (χ1) is 17.6. The Morgan fingerprint density at radius 1 is 1.14 bits per heavy atom. The number of aliphatic imine (C=N–C) groups is 2. The summed E-state index contributed by atoms with van der Waals surface area (Å²) in [6.07, 6.45) is 15.0. The van der Waals surface area contributed by atoms with E-state index in [4.69, 9.17) is 20.9 Å². The van der Waals surface area contributed by atoms with Crippen molar-refractivity contribution in [1.29, 1.82) is 0 Å². The predicted octanol–water partition coefficient (Wildman–Crippen LogP) is 4.40. The lowest BCUT2D eigenvalue weighted by atomic mass is 10.1. The van der Waals surface area contributed by atoms with E-state index in [1.54, 1.807) is 24.4 Å². The van der Waals surface area contributed by atoms with Gasteiger partial charge >= 0.3 is 0 Å². The molecular formula is C28H37N5O3. The van der Waals surface area contributed by atoms with Crippen LogP contribution in [-0.4, -0.2) is 38.2 Å². The van der Waals surface area contributed by atoms with Crippen LogP contribution in [0.4, 0.5) is 0 Å². The normalized spacial score (nSPS) is 13.5. The summed E-state index contributed by atoms with van der Waals surface area (Å²) in [7, 11) is 0. The first-order valence-corrected chi connectivity index (χ1v) is 11.8. The number of hydrogen-bond acceptors (Lipinski definition) is 6. The van der Waals surface area contributed by atoms with Crippen molar-refractivity contribution in [2.45, 2.75) is 27.2 Å². The Kier molecular flexibility index (Phi) is 14.9. The van der Waals surface area contributed by atoms with E-state index in [2.05, 4.69) is 21.9 Å². The Labute approximate surface area is 214 Å². The largest absolute Gasteiger partial charge is 0.493 e. The lowest BCUT2D eigenvalue weighted by Gasteiger charge is -2.11. The van der Waals surface area contributed by atoms with Crippen molar-refractivity contribution < 1.29 is 14.3 Å². The molecule has 0 radical (unpaired) electrons. The van der Waals surface area contributed by atoms with E-state index in [-0.39, 0.29) is 5.91 Å². The molecule has 1 rings (SSSR count). The summed E-state index contributed by atoms with van der Waals surface area (Å²) in [5.74, 6) is 0.717. The van der Waals surface area contributed by atoms with Crippen molar-refractivity contribution in [3.63, 3.8) is 0 Å². The lowest BCUT2D eigenvalue weighted by molar-refractivity contribution is -0.117. The van der Waals surface area contributed by atoms with E-state index in [0.29, 0.717) is 42.5 Å². The Hall–Kier alpha value is -4.33. The number of allylic oxidation sites excluding steroid dienone is 3. The second-order valence-corrected chi connectivity index (χ2v) is 7.02. The summed E-state index contributed by atoms with van der Waals surface area (Å²) in [6.45, 7) is 10.7. The summed E-state index contributed by atoms with van der Waals surface area (Å²) in [4.78, 5) is 21.4. The van der Waals surface area contributed by atoms with E-state index in [0.717, 1.165) is 17.6 Å². The maximum absolute atomic E-state index is 12.9. The van der Waals surface area contributed by atoms with Gasteiger partial charge in [0.2, 0.25) is 0 Å². The van der Waals surface area contributed by atoms with Crippen LogP contribution in [0.1, 0.15) is 32.8 Å². The molecule has 0 aliphatic heterocycles. The second-order valence-electron chi connectivity index (χ2n) is 7.02. The maximum Gasteiger partial charge on any atom is 0.255 e. The van der Waals surface area contributed by atoms with Gasteiger partial charge in [0.1, 0.15) is 11.5 Å². The van der Waals surface area contributed by atoms with Gasteiger partial charge in [0.15, 0.2) is 0 Å². The first kappa shape index (κ1) is 29.7. The molecule has 0 aromatic heterocycles. The van der Waals surface area contributed by atoms with E-state index in [1.165, 1.54) is 24.8 Å². The topological polar surface area (TPSA) is 124 Å². The maximum atomic E-state index is 12.9. The standard InChI is InChI=1S/C28H37N5O3/c1-5-11-22(14-17-29)20-32-28(34)24(26(6-2)35-7-3)15-18-31-19-16-25(33-21-30)23-12-9-10-13-27(23)36-8-4/h6,9-19,21H,2,5,7-8,20,29H2,1,3-4H3,(H2,30,33)(H,32,34)/b17-14-,18-15+,22-11+,25-16?,26-24-,31-19?. The lowest BCUT2D eigenvalue weighted by Crippen LogP contribution is -2.27. The van der Waals surface area contributed by atoms with Crippen molar-refractivity contribution >= 4 is 24.2 Å². The fraction of sp³-hybridized carbons (Fsp3) is 0.250. The summed E-state index contributed by atoms with van der Waals surface area (Å²) < 4.78 is 11.3. The van der Waals surface area contributed by atoms with Crippen molar-refractivity contribution in [3.05, 3.63) is 96.1 Å². The molecule has 0 fully saturated rings. The minimum absolute atomic E-state index is 0.294.